The first-order valence-corrected chi connectivity index (χ1v) is 14.1. The number of thiophene rings is 1. The lowest BCUT2D eigenvalue weighted by Gasteiger charge is -2.40. The Kier molecular flexibility index (Phi) is 9.24. The number of carbonyl (C=O) groups excluding carboxylic acids is 3. The minimum Gasteiger partial charge on any atom is -0.459 e. The van der Waals surface area contributed by atoms with Crippen LogP contribution in [-0.2, 0) is 38.6 Å². The van der Waals surface area contributed by atoms with E-state index in [0.717, 1.165) is 12.0 Å². The Balaban J connectivity index is 1.48. The number of alkyl carbamates (subject to hydrolysis) is 1. The molecule has 1 atom stereocenters. The zero-order valence-electron chi connectivity index (χ0n) is 23.1. The average Bonchev–Trinajstić information content (AvgIpc) is 3.27. The van der Waals surface area contributed by atoms with Gasteiger partial charge >= 0.3 is 12.1 Å². The molecule has 9 heteroatoms. The second kappa shape index (κ2) is 12.6. The standard InChI is InChI=1S/C30H37N3O5S/c1-5-25-23(22-13-9-10-14-26(22)39-25)18-32-15-16-33(27(34)17-31-29(36)38-30(2,3)4)24(19-32)28(35)37-20-21-11-7-6-8-12-21/h6-14,24H,5,15-20H2,1-4H3,(H,31,36). The molecule has 0 aliphatic carbocycles. The topological polar surface area (TPSA) is 88.2 Å². The Morgan fingerprint density at radius 2 is 1.74 bits per heavy atom. The predicted octanol–water partition coefficient (Wildman–Crippen LogP) is 4.74. The monoisotopic (exact) mass is 551 g/mol. The Labute approximate surface area is 233 Å². The maximum Gasteiger partial charge on any atom is 0.408 e. The number of nitrogens with one attached hydrogen (secondary N) is 1. The fourth-order valence-electron chi connectivity index (χ4n) is 4.70. The van der Waals surface area contributed by atoms with Crippen LogP contribution < -0.4 is 5.32 Å². The quantitative estimate of drug-likeness (QED) is 0.407. The highest BCUT2D eigenvalue weighted by atomic mass is 32.1. The van der Waals surface area contributed by atoms with Crippen LogP contribution >= 0.6 is 11.3 Å². The molecule has 1 fully saturated rings. The zero-order valence-corrected chi connectivity index (χ0v) is 23.9. The Bertz CT molecular complexity index is 1300. The number of carbonyl (C=O) groups is 3. The van der Waals surface area contributed by atoms with Gasteiger partial charge in [0.2, 0.25) is 5.91 Å². The lowest BCUT2D eigenvalue weighted by Crippen LogP contribution is -2.59. The van der Waals surface area contributed by atoms with Crippen LogP contribution in [0.2, 0.25) is 0 Å². The van der Waals surface area contributed by atoms with Crippen molar-refractivity contribution in [3.05, 3.63) is 70.6 Å². The summed E-state index contributed by atoms with van der Waals surface area (Å²) in [4.78, 5) is 43.7. The number of fused-ring (bicyclic) bond motifs is 1. The molecule has 2 amide bonds. The van der Waals surface area contributed by atoms with Gasteiger partial charge in [0.05, 0.1) is 0 Å². The van der Waals surface area contributed by atoms with Crippen molar-refractivity contribution in [3.63, 3.8) is 0 Å². The maximum absolute atomic E-state index is 13.3. The largest absolute Gasteiger partial charge is 0.459 e. The van der Waals surface area contributed by atoms with Crippen LogP contribution in [0.5, 0.6) is 0 Å². The van der Waals surface area contributed by atoms with Gasteiger partial charge in [0, 0.05) is 35.8 Å². The summed E-state index contributed by atoms with van der Waals surface area (Å²) in [5, 5.41) is 3.76. The van der Waals surface area contributed by atoms with E-state index in [1.54, 1.807) is 20.8 Å². The van der Waals surface area contributed by atoms with E-state index in [1.807, 2.05) is 41.7 Å². The lowest BCUT2D eigenvalue weighted by molar-refractivity contribution is -0.159. The SMILES string of the molecule is CCc1sc2ccccc2c1CN1CCN(C(=O)CNC(=O)OC(C)(C)C)C(C(=O)OCc2ccccc2)C1. The van der Waals surface area contributed by atoms with Crippen LogP contribution in [0.4, 0.5) is 4.79 Å². The molecule has 4 rings (SSSR count). The summed E-state index contributed by atoms with van der Waals surface area (Å²) >= 11 is 1.81. The smallest absolute Gasteiger partial charge is 0.408 e. The highest BCUT2D eigenvalue weighted by Crippen LogP contribution is 2.33. The van der Waals surface area contributed by atoms with E-state index in [4.69, 9.17) is 9.47 Å². The molecule has 1 saturated heterocycles. The normalized spacial score (nSPS) is 16.2. The molecule has 0 spiro atoms. The van der Waals surface area contributed by atoms with Crippen LogP contribution in [0, 0.1) is 0 Å². The molecule has 1 aliphatic rings. The third-order valence-electron chi connectivity index (χ3n) is 6.55. The number of rotatable bonds is 8. The summed E-state index contributed by atoms with van der Waals surface area (Å²) in [6.07, 6.45) is 0.264. The summed E-state index contributed by atoms with van der Waals surface area (Å²) in [7, 11) is 0. The zero-order chi connectivity index (χ0) is 28.0. The van der Waals surface area contributed by atoms with Crippen LogP contribution in [0.25, 0.3) is 10.1 Å². The number of piperazine rings is 1. The van der Waals surface area contributed by atoms with Crippen molar-refractivity contribution in [2.24, 2.45) is 0 Å². The van der Waals surface area contributed by atoms with Crippen molar-refractivity contribution < 1.29 is 23.9 Å². The number of benzene rings is 2. The molecule has 3 aromatic rings. The predicted molar refractivity (Wildman–Crippen MR) is 152 cm³/mol. The van der Waals surface area contributed by atoms with Gasteiger partial charge in [0.25, 0.3) is 0 Å². The van der Waals surface area contributed by atoms with Gasteiger partial charge in [-0.3, -0.25) is 9.69 Å². The fraction of sp³-hybridized carbons (Fsp3) is 0.433. The second-order valence-corrected chi connectivity index (χ2v) is 11.8. The van der Waals surface area contributed by atoms with Crippen LogP contribution in [0.15, 0.2) is 54.6 Å². The van der Waals surface area contributed by atoms with E-state index in [1.165, 1.54) is 25.4 Å². The van der Waals surface area contributed by atoms with Crippen LogP contribution in [0.1, 0.15) is 43.7 Å². The summed E-state index contributed by atoms with van der Waals surface area (Å²) in [5.74, 6) is -0.808. The fourth-order valence-corrected chi connectivity index (χ4v) is 5.86. The summed E-state index contributed by atoms with van der Waals surface area (Å²) in [6, 6.07) is 17.1. The number of hydrogen-bond donors (Lipinski definition) is 1. The van der Waals surface area contributed by atoms with E-state index < -0.39 is 23.7 Å². The van der Waals surface area contributed by atoms with Crippen molar-refractivity contribution in [2.45, 2.75) is 58.9 Å². The van der Waals surface area contributed by atoms with Gasteiger partial charge in [-0.05, 0) is 49.8 Å². The first-order valence-electron chi connectivity index (χ1n) is 13.3. The molecular formula is C30H37N3O5S. The van der Waals surface area contributed by atoms with E-state index in [-0.39, 0.29) is 19.1 Å². The molecule has 1 unspecified atom stereocenters. The number of amides is 2. The molecule has 2 heterocycles. The lowest BCUT2D eigenvalue weighted by atomic mass is 10.1. The molecule has 2 aromatic carbocycles. The molecule has 1 aliphatic heterocycles. The van der Waals surface area contributed by atoms with E-state index in [9.17, 15) is 14.4 Å². The van der Waals surface area contributed by atoms with E-state index in [2.05, 4.69) is 41.4 Å². The minimum absolute atomic E-state index is 0.128. The third kappa shape index (κ3) is 7.58. The molecule has 1 aromatic heterocycles. The van der Waals surface area contributed by atoms with Crippen LogP contribution in [0.3, 0.4) is 0 Å². The van der Waals surface area contributed by atoms with E-state index in [0.29, 0.717) is 26.2 Å². The van der Waals surface area contributed by atoms with Crippen molar-refractivity contribution in [1.29, 1.82) is 0 Å². The third-order valence-corrected chi connectivity index (χ3v) is 7.91. The summed E-state index contributed by atoms with van der Waals surface area (Å²) in [6.45, 7) is 9.29. The molecule has 39 heavy (non-hydrogen) atoms. The Morgan fingerprint density at radius 3 is 2.46 bits per heavy atom. The van der Waals surface area contributed by atoms with Crippen molar-refractivity contribution in [3.8, 4) is 0 Å². The highest BCUT2D eigenvalue weighted by Gasteiger charge is 2.37. The van der Waals surface area contributed by atoms with Gasteiger partial charge in [-0.1, -0.05) is 55.5 Å². The van der Waals surface area contributed by atoms with Gasteiger partial charge in [-0.25, -0.2) is 9.59 Å². The van der Waals surface area contributed by atoms with E-state index >= 15 is 0 Å². The minimum atomic E-state index is -0.787. The van der Waals surface area contributed by atoms with Gasteiger partial charge in [-0.15, -0.1) is 11.3 Å². The number of esters is 1. The Hall–Kier alpha value is -3.43. The van der Waals surface area contributed by atoms with Crippen molar-refractivity contribution in [1.82, 2.24) is 15.1 Å². The van der Waals surface area contributed by atoms with Crippen LogP contribution in [-0.4, -0.2) is 65.6 Å². The molecule has 1 N–H and O–H groups in total. The first kappa shape index (κ1) is 28.6. The Morgan fingerprint density at radius 1 is 1.03 bits per heavy atom. The number of nitrogens with zero attached hydrogens (tertiary/aromatic N) is 2. The molecule has 208 valence electrons. The molecule has 0 bridgehead atoms. The molecule has 8 nitrogen and oxygen atoms in total. The van der Waals surface area contributed by atoms with Crippen molar-refractivity contribution in [2.75, 3.05) is 26.2 Å². The van der Waals surface area contributed by atoms with Gasteiger partial charge in [0.1, 0.15) is 24.8 Å². The average molecular weight is 552 g/mol. The van der Waals surface area contributed by atoms with Gasteiger partial charge in [0.15, 0.2) is 0 Å². The van der Waals surface area contributed by atoms with Gasteiger partial charge < -0.3 is 19.7 Å². The molecule has 0 saturated carbocycles. The maximum atomic E-state index is 13.3. The molecule has 0 radical (unpaired) electrons. The molecular weight excluding hydrogens is 514 g/mol. The number of hydrogen-bond acceptors (Lipinski definition) is 7. The number of aryl methyl sites for hydroxylation is 1. The summed E-state index contributed by atoms with van der Waals surface area (Å²) < 4.78 is 12.2. The van der Waals surface area contributed by atoms with Gasteiger partial charge in [-0.2, -0.15) is 0 Å². The highest BCUT2D eigenvalue weighted by molar-refractivity contribution is 7.19. The number of ether oxygens (including phenoxy) is 2. The summed E-state index contributed by atoms with van der Waals surface area (Å²) in [5.41, 5.74) is 1.48. The van der Waals surface area contributed by atoms with Crippen molar-refractivity contribution >= 4 is 39.4 Å². The second-order valence-electron chi connectivity index (χ2n) is 10.6. The first-order chi connectivity index (χ1) is 18.6.